The molecule has 0 atom stereocenters. The maximum absolute atomic E-state index is 4.84. The largest absolute Gasteiger partial charge is 0.361 e. The molecular weight excluding hydrogens is 186 g/mol. The molecule has 0 aliphatic heterocycles. The van der Waals surface area contributed by atoms with Gasteiger partial charge in [-0.2, -0.15) is 0 Å². The van der Waals surface area contributed by atoms with Gasteiger partial charge in [0.15, 0.2) is 0 Å². The van der Waals surface area contributed by atoms with Crippen molar-refractivity contribution in [3.05, 3.63) is 52.9 Å². The first kappa shape index (κ1) is 11.5. The second-order valence-electron chi connectivity index (χ2n) is 3.60. The molecule has 2 heteroatoms. The highest BCUT2D eigenvalue weighted by Gasteiger charge is 1.99. The summed E-state index contributed by atoms with van der Waals surface area (Å²) in [7, 11) is 0. The second-order valence-corrected chi connectivity index (χ2v) is 3.60. The van der Waals surface area contributed by atoms with Crippen LogP contribution >= 0.6 is 0 Å². The van der Waals surface area contributed by atoms with Crippen LogP contribution in [0.1, 0.15) is 22.6 Å². The summed E-state index contributed by atoms with van der Waals surface area (Å²) in [4.78, 5) is 0. The van der Waals surface area contributed by atoms with E-state index in [-0.39, 0.29) is 0 Å². The van der Waals surface area contributed by atoms with Gasteiger partial charge in [0.25, 0.3) is 0 Å². The normalized spacial score (nSPS) is 9.33. The van der Waals surface area contributed by atoms with E-state index in [1.165, 1.54) is 5.56 Å². The van der Waals surface area contributed by atoms with E-state index in [0.717, 1.165) is 17.0 Å². The molecule has 0 bridgehead atoms. The summed E-state index contributed by atoms with van der Waals surface area (Å²) in [5.41, 5.74) is 3.47. The highest BCUT2D eigenvalue weighted by atomic mass is 16.5. The minimum atomic E-state index is 0.919. The number of nitrogens with zero attached hydrogens (tertiary/aromatic N) is 1. The lowest BCUT2D eigenvalue weighted by Gasteiger charge is -1.82. The SMILES string of the molecule is Cc1ccccc1.Cc1noc(C)c1C. The summed E-state index contributed by atoms with van der Waals surface area (Å²) in [6.07, 6.45) is 0. The molecule has 15 heavy (non-hydrogen) atoms. The fourth-order valence-electron chi connectivity index (χ4n) is 1.06. The van der Waals surface area contributed by atoms with E-state index >= 15 is 0 Å². The first-order valence-corrected chi connectivity index (χ1v) is 5.02. The Kier molecular flexibility index (Phi) is 4.10. The molecular formula is C13H17NO. The predicted molar refractivity (Wildman–Crippen MR) is 61.9 cm³/mol. The van der Waals surface area contributed by atoms with Crippen molar-refractivity contribution in [2.24, 2.45) is 0 Å². The van der Waals surface area contributed by atoms with Crippen molar-refractivity contribution in [2.45, 2.75) is 27.7 Å². The van der Waals surface area contributed by atoms with Gasteiger partial charge >= 0.3 is 0 Å². The molecule has 1 aromatic carbocycles. The fraction of sp³-hybridized carbons (Fsp3) is 0.308. The number of hydrogen-bond acceptors (Lipinski definition) is 2. The maximum Gasteiger partial charge on any atom is 0.136 e. The Morgan fingerprint density at radius 1 is 0.933 bits per heavy atom. The van der Waals surface area contributed by atoms with Crippen LogP contribution in [-0.2, 0) is 0 Å². The van der Waals surface area contributed by atoms with Gasteiger partial charge in [-0.05, 0) is 27.7 Å². The third-order valence-corrected chi connectivity index (χ3v) is 2.33. The first-order chi connectivity index (χ1) is 7.11. The Morgan fingerprint density at radius 3 is 1.73 bits per heavy atom. The van der Waals surface area contributed by atoms with Gasteiger partial charge in [0.2, 0.25) is 0 Å². The average molecular weight is 203 g/mol. The third kappa shape index (κ3) is 3.58. The zero-order chi connectivity index (χ0) is 11.3. The van der Waals surface area contributed by atoms with Crippen LogP contribution < -0.4 is 0 Å². The third-order valence-electron chi connectivity index (χ3n) is 2.33. The molecule has 0 radical (unpaired) electrons. The maximum atomic E-state index is 4.84. The number of aromatic nitrogens is 1. The summed E-state index contributed by atoms with van der Waals surface area (Å²) in [6, 6.07) is 10.3. The van der Waals surface area contributed by atoms with Crippen molar-refractivity contribution in [3.8, 4) is 0 Å². The zero-order valence-electron chi connectivity index (χ0n) is 9.74. The van der Waals surface area contributed by atoms with Gasteiger partial charge in [0.05, 0.1) is 5.69 Å². The summed E-state index contributed by atoms with van der Waals surface area (Å²) in [5, 5.41) is 3.74. The lowest BCUT2D eigenvalue weighted by molar-refractivity contribution is 0.392. The lowest BCUT2D eigenvalue weighted by Crippen LogP contribution is -1.73. The van der Waals surface area contributed by atoms with E-state index in [1.807, 2.05) is 39.0 Å². The highest BCUT2D eigenvalue weighted by Crippen LogP contribution is 2.08. The molecule has 0 amide bonds. The molecule has 80 valence electrons. The lowest BCUT2D eigenvalue weighted by atomic mass is 10.2. The van der Waals surface area contributed by atoms with Crippen molar-refractivity contribution in [1.82, 2.24) is 5.16 Å². The molecule has 0 aliphatic rings. The molecule has 0 fully saturated rings. The van der Waals surface area contributed by atoms with Crippen molar-refractivity contribution in [1.29, 1.82) is 0 Å². The van der Waals surface area contributed by atoms with Crippen LogP contribution in [0.4, 0.5) is 0 Å². The Morgan fingerprint density at radius 2 is 1.53 bits per heavy atom. The van der Waals surface area contributed by atoms with Gasteiger partial charge < -0.3 is 4.52 Å². The smallest absolute Gasteiger partial charge is 0.136 e. The molecule has 0 saturated carbocycles. The number of hydrogen-bond donors (Lipinski definition) is 0. The molecule has 0 N–H and O–H groups in total. The Hall–Kier alpha value is -1.57. The molecule has 0 spiro atoms. The number of benzene rings is 1. The molecule has 1 aromatic heterocycles. The second kappa shape index (κ2) is 5.35. The standard InChI is InChI=1S/C7H8.C6H9NO/c1-7-5-3-2-4-6-7;1-4-5(2)7-8-6(4)3/h2-6H,1H3;1-3H3. The minimum absolute atomic E-state index is 0.919. The van der Waals surface area contributed by atoms with E-state index < -0.39 is 0 Å². The molecule has 2 nitrogen and oxygen atoms in total. The minimum Gasteiger partial charge on any atom is -0.361 e. The van der Waals surface area contributed by atoms with Crippen LogP contribution in [0.2, 0.25) is 0 Å². The van der Waals surface area contributed by atoms with E-state index in [0.29, 0.717) is 0 Å². The average Bonchev–Trinajstić information content (AvgIpc) is 2.52. The van der Waals surface area contributed by atoms with Crippen LogP contribution in [0.25, 0.3) is 0 Å². The van der Waals surface area contributed by atoms with Gasteiger partial charge in [-0.15, -0.1) is 0 Å². The monoisotopic (exact) mass is 203 g/mol. The van der Waals surface area contributed by atoms with Crippen LogP contribution in [0.15, 0.2) is 34.9 Å². The van der Waals surface area contributed by atoms with E-state index in [4.69, 9.17) is 4.52 Å². The van der Waals surface area contributed by atoms with Crippen molar-refractivity contribution >= 4 is 0 Å². The van der Waals surface area contributed by atoms with Crippen molar-refractivity contribution in [2.75, 3.05) is 0 Å². The molecule has 2 aromatic rings. The highest BCUT2D eigenvalue weighted by molar-refractivity contribution is 5.17. The number of aryl methyl sites for hydroxylation is 3. The summed E-state index contributed by atoms with van der Waals surface area (Å²) in [6.45, 7) is 7.93. The van der Waals surface area contributed by atoms with E-state index in [9.17, 15) is 0 Å². The van der Waals surface area contributed by atoms with Crippen molar-refractivity contribution in [3.63, 3.8) is 0 Å². The van der Waals surface area contributed by atoms with Crippen LogP contribution in [-0.4, -0.2) is 5.16 Å². The van der Waals surface area contributed by atoms with Gasteiger partial charge in [0.1, 0.15) is 5.76 Å². The zero-order valence-corrected chi connectivity index (χ0v) is 9.74. The Bertz CT molecular complexity index is 384. The number of rotatable bonds is 0. The molecule has 0 unspecified atom stereocenters. The molecule has 1 heterocycles. The Labute approximate surface area is 90.9 Å². The van der Waals surface area contributed by atoms with Gasteiger partial charge in [-0.1, -0.05) is 41.1 Å². The summed E-state index contributed by atoms with van der Waals surface area (Å²) in [5.74, 6) is 0.919. The summed E-state index contributed by atoms with van der Waals surface area (Å²) >= 11 is 0. The van der Waals surface area contributed by atoms with Crippen LogP contribution in [0.3, 0.4) is 0 Å². The first-order valence-electron chi connectivity index (χ1n) is 5.02. The van der Waals surface area contributed by atoms with Crippen LogP contribution in [0.5, 0.6) is 0 Å². The topological polar surface area (TPSA) is 26.0 Å². The fourth-order valence-corrected chi connectivity index (χ4v) is 1.06. The molecule has 0 aliphatic carbocycles. The van der Waals surface area contributed by atoms with E-state index in [2.05, 4.69) is 24.2 Å². The van der Waals surface area contributed by atoms with Gasteiger partial charge in [-0.3, -0.25) is 0 Å². The summed E-state index contributed by atoms with van der Waals surface area (Å²) < 4.78 is 4.84. The molecule has 2 rings (SSSR count). The van der Waals surface area contributed by atoms with E-state index in [1.54, 1.807) is 0 Å². The van der Waals surface area contributed by atoms with Crippen LogP contribution in [0, 0.1) is 27.7 Å². The van der Waals surface area contributed by atoms with Gasteiger partial charge in [0, 0.05) is 5.56 Å². The van der Waals surface area contributed by atoms with Gasteiger partial charge in [-0.25, -0.2) is 0 Å². The quantitative estimate of drug-likeness (QED) is 0.654. The Balaban J connectivity index is 0.000000151. The predicted octanol–water partition coefficient (Wildman–Crippen LogP) is 3.59. The molecule has 0 saturated heterocycles. The van der Waals surface area contributed by atoms with Crippen molar-refractivity contribution < 1.29 is 4.52 Å².